The molecule has 0 heterocycles. The van der Waals surface area contributed by atoms with Crippen molar-refractivity contribution in [2.24, 2.45) is 4.99 Å². The first-order valence-corrected chi connectivity index (χ1v) is 7.23. The highest BCUT2D eigenvalue weighted by Gasteiger charge is 2.03. The van der Waals surface area contributed by atoms with Crippen molar-refractivity contribution < 1.29 is 4.39 Å². The summed E-state index contributed by atoms with van der Waals surface area (Å²) in [6.45, 7) is 4.88. The van der Waals surface area contributed by atoms with Gasteiger partial charge in [0.2, 0.25) is 0 Å². The van der Waals surface area contributed by atoms with E-state index in [4.69, 9.17) is 0 Å². The van der Waals surface area contributed by atoms with Crippen molar-refractivity contribution in [3.05, 3.63) is 34.1 Å². The lowest BCUT2D eigenvalue weighted by Gasteiger charge is -2.14. The van der Waals surface area contributed by atoms with E-state index in [1.165, 1.54) is 6.07 Å². The second-order valence-electron chi connectivity index (χ2n) is 4.64. The maximum Gasteiger partial charge on any atom is 0.191 e. The summed E-state index contributed by atoms with van der Waals surface area (Å²) in [6, 6.07) is 5.53. The SMILES string of the molecule is CN=C(NCCCc1ccc(Br)cc1F)NC(C)C.I. The number of benzene rings is 1. The van der Waals surface area contributed by atoms with Crippen LogP contribution in [0.1, 0.15) is 25.8 Å². The van der Waals surface area contributed by atoms with Gasteiger partial charge in [-0.3, -0.25) is 4.99 Å². The zero-order chi connectivity index (χ0) is 14.3. The molecule has 0 bridgehead atoms. The van der Waals surface area contributed by atoms with Crippen LogP contribution in [0.25, 0.3) is 0 Å². The molecule has 0 aliphatic carbocycles. The summed E-state index contributed by atoms with van der Waals surface area (Å²) in [5.74, 6) is 0.630. The first kappa shape index (κ1) is 19.6. The lowest BCUT2D eigenvalue weighted by molar-refractivity contribution is 0.601. The molecule has 0 aliphatic rings. The number of rotatable bonds is 5. The standard InChI is InChI=1S/C14H21BrFN3.HI/c1-10(2)19-14(17-3)18-8-4-5-11-6-7-12(15)9-13(11)16;/h6-7,9-10H,4-5,8H2,1-3H3,(H2,17,18,19);1H. The van der Waals surface area contributed by atoms with E-state index in [1.807, 2.05) is 12.1 Å². The highest BCUT2D eigenvalue weighted by Crippen LogP contribution is 2.16. The fraction of sp³-hybridized carbons (Fsp3) is 0.500. The number of hydrogen-bond donors (Lipinski definition) is 2. The quantitative estimate of drug-likeness (QED) is 0.306. The summed E-state index contributed by atoms with van der Waals surface area (Å²) in [5.41, 5.74) is 0.747. The predicted molar refractivity (Wildman–Crippen MR) is 97.5 cm³/mol. The van der Waals surface area contributed by atoms with Crippen molar-refractivity contribution in [3.63, 3.8) is 0 Å². The minimum absolute atomic E-state index is 0. The Hall–Kier alpha value is -0.370. The van der Waals surface area contributed by atoms with Gasteiger partial charge in [0.15, 0.2) is 5.96 Å². The molecule has 0 atom stereocenters. The van der Waals surface area contributed by atoms with E-state index in [-0.39, 0.29) is 29.8 Å². The Morgan fingerprint density at radius 3 is 2.65 bits per heavy atom. The van der Waals surface area contributed by atoms with Crippen molar-refractivity contribution in [1.82, 2.24) is 10.6 Å². The zero-order valence-corrected chi connectivity index (χ0v) is 16.0. The molecular formula is C14H22BrFIN3. The van der Waals surface area contributed by atoms with Gasteiger partial charge in [-0.2, -0.15) is 0 Å². The highest BCUT2D eigenvalue weighted by atomic mass is 127. The number of nitrogens with zero attached hydrogens (tertiary/aromatic N) is 1. The fourth-order valence-corrected chi connectivity index (χ4v) is 2.01. The van der Waals surface area contributed by atoms with Crippen LogP contribution in [0.5, 0.6) is 0 Å². The summed E-state index contributed by atoms with van der Waals surface area (Å²) in [7, 11) is 1.74. The van der Waals surface area contributed by atoms with E-state index >= 15 is 0 Å². The van der Waals surface area contributed by atoms with Gasteiger partial charge in [0.05, 0.1) is 0 Å². The molecule has 0 saturated carbocycles. The minimum atomic E-state index is -0.154. The molecule has 114 valence electrons. The normalized spacial score (nSPS) is 11.2. The van der Waals surface area contributed by atoms with Crippen LogP contribution in [0, 0.1) is 5.82 Å². The maximum atomic E-state index is 13.6. The molecule has 0 fully saturated rings. The smallest absolute Gasteiger partial charge is 0.191 e. The van der Waals surface area contributed by atoms with Gasteiger partial charge in [-0.05, 0) is 44.4 Å². The average Bonchev–Trinajstić information content (AvgIpc) is 2.34. The number of aryl methyl sites for hydroxylation is 1. The van der Waals surface area contributed by atoms with Crippen LogP contribution in [0.15, 0.2) is 27.7 Å². The van der Waals surface area contributed by atoms with Crippen molar-refractivity contribution in [3.8, 4) is 0 Å². The molecule has 0 aromatic heterocycles. The van der Waals surface area contributed by atoms with E-state index in [0.29, 0.717) is 12.5 Å². The van der Waals surface area contributed by atoms with Crippen LogP contribution in [0.2, 0.25) is 0 Å². The third-order valence-corrected chi connectivity index (χ3v) is 3.07. The van der Waals surface area contributed by atoms with Crippen LogP contribution in [0.3, 0.4) is 0 Å². The Morgan fingerprint density at radius 1 is 1.40 bits per heavy atom. The second-order valence-corrected chi connectivity index (χ2v) is 5.55. The Kier molecular flexibility index (Phi) is 10.2. The maximum absolute atomic E-state index is 13.6. The van der Waals surface area contributed by atoms with Gasteiger partial charge < -0.3 is 10.6 Å². The van der Waals surface area contributed by atoms with Crippen molar-refractivity contribution in [1.29, 1.82) is 0 Å². The Bertz CT molecular complexity index is 438. The van der Waals surface area contributed by atoms with Crippen LogP contribution in [0.4, 0.5) is 4.39 Å². The summed E-state index contributed by atoms with van der Waals surface area (Å²) < 4.78 is 14.4. The first-order chi connectivity index (χ1) is 9.02. The zero-order valence-electron chi connectivity index (χ0n) is 12.0. The Balaban J connectivity index is 0.00000361. The van der Waals surface area contributed by atoms with Crippen molar-refractivity contribution >= 4 is 45.9 Å². The van der Waals surface area contributed by atoms with Gasteiger partial charge in [-0.1, -0.05) is 22.0 Å². The van der Waals surface area contributed by atoms with Crippen LogP contribution in [-0.2, 0) is 6.42 Å². The van der Waals surface area contributed by atoms with E-state index < -0.39 is 0 Å². The lowest BCUT2D eigenvalue weighted by Crippen LogP contribution is -2.41. The molecule has 0 spiro atoms. The monoisotopic (exact) mass is 457 g/mol. The van der Waals surface area contributed by atoms with Crippen molar-refractivity contribution in [2.45, 2.75) is 32.7 Å². The number of nitrogens with one attached hydrogen (secondary N) is 2. The molecule has 0 saturated heterocycles. The van der Waals surface area contributed by atoms with Gasteiger partial charge in [0.1, 0.15) is 5.82 Å². The molecular weight excluding hydrogens is 436 g/mol. The van der Waals surface area contributed by atoms with Crippen LogP contribution >= 0.6 is 39.9 Å². The number of halogens is 3. The summed E-state index contributed by atoms with van der Waals surface area (Å²) >= 11 is 3.25. The lowest BCUT2D eigenvalue weighted by atomic mass is 10.1. The molecule has 1 rings (SSSR count). The molecule has 20 heavy (non-hydrogen) atoms. The molecule has 2 N–H and O–H groups in total. The Labute approximate surface area is 146 Å². The van der Waals surface area contributed by atoms with E-state index in [1.54, 1.807) is 7.05 Å². The number of hydrogen-bond acceptors (Lipinski definition) is 1. The van der Waals surface area contributed by atoms with E-state index in [9.17, 15) is 4.39 Å². The molecule has 0 unspecified atom stereocenters. The van der Waals surface area contributed by atoms with Crippen molar-refractivity contribution in [2.75, 3.05) is 13.6 Å². The third kappa shape index (κ3) is 7.42. The Morgan fingerprint density at radius 2 is 2.10 bits per heavy atom. The molecule has 1 aromatic rings. The second kappa shape index (κ2) is 10.4. The summed E-state index contributed by atoms with van der Waals surface area (Å²) in [4.78, 5) is 4.12. The third-order valence-electron chi connectivity index (χ3n) is 2.58. The molecule has 3 nitrogen and oxygen atoms in total. The highest BCUT2D eigenvalue weighted by molar-refractivity contribution is 14.0. The molecule has 0 radical (unpaired) electrons. The summed E-state index contributed by atoms with van der Waals surface area (Å²) in [5, 5.41) is 6.41. The first-order valence-electron chi connectivity index (χ1n) is 6.44. The van der Waals surface area contributed by atoms with Gasteiger partial charge in [0, 0.05) is 24.1 Å². The molecule has 0 amide bonds. The van der Waals surface area contributed by atoms with Gasteiger partial charge in [-0.25, -0.2) is 4.39 Å². The average molecular weight is 458 g/mol. The van der Waals surface area contributed by atoms with Crippen LogP contribution in [-0.4, -0.2) is 25.6 Å². The largest absolute Gasteiger partial charge is 0.356 e. The summed E-state index contributed by atoms with van der Waals surface area (Å²) in [6.07, 6.45) is 1.57. The van der Waals surface area contributed by atoms with E-state index in [0.717, 1.165) is 29.0 Å². The molecule has 6 heteroatoms. The minimum Gasteiger partial charge on any atom is -0.356 e. The molecule has 0 aliphatic heterocycles. The molecule has 1 aromatic carbocycles. The van der Waals surface area contributed by atoms with E-state index in [2.05, 4.69) is 45.4 Å². The van der Waals surface area contributed by atoms with Gasteiger partial charge in [-0.15, -0.1) is 24.0 Å². The van der Waals surface area contributed by atoms with Crippen LogP contribution < -0.4 is 10.6 Å². The predicted octanol–water partition coefficient (Wildman–Crippen LogP) is 3.71. The number of aliphatic imine (C=N–C) groups is 1. The topological polar surface area (TPSA) is 36.4 Å². The van der Waals surface area contributed by atoms with Gasteiger partial charge in [0.25, 0.3) is 0 Å². The number of guanidine groups is 1. The van der Waals surface area contributed by atoms with Gasteiger partial charge >= 0.3 is 0 Å². The fourth-order valence-electron chi connectivity index (χ4n) is 1.68.